The number of nitrogens with two attached hydrogens (primary N) is 1. The minimum atomic E-state index is 0.649. The molecule has 0 fully saturated rings. The third kappa shape index (κ3) is 3.75. The summed E-state index contributed by atoms with van der Waals surface area (Å²) in [5.41, 5.74) is 7.92. The van der Waals surface area contributed by atoms with E-state index in [1.807, 2.05) is 44.2 Å². The summed E-state index contributed by atoms with van der Waals surface area (Å²) in [6.45, 7) is 5.32. The maximum Gasteiger partial charge on any atom is 0.131 e. The lowest BCUT2D eigenvalue weighted by Gasteiger charge is -2.11. The molecule has 2 aromatic rings. The number of rotatable bonds is 6. The van der Waals surface area contributed by atoms with Gasteiger partial charge in [-0.25, -0.2) is 0 Å². The fraction of sp³-hybridized carbons (Fsp3) is 0.294. The fourth-order valence-electron chi connectivity index (χ4n) is 2.07. The molecular weight excluding hydrogens is 250 g/mol. The van der Waals surface area contributed by atoms with Gasteiger partial charge in [0.25, 0.3) is 0 Å². The number of aryl methyl sites for hydroxylation is 1. The highest BCUT2D eigenvalue weighted by Crippen LogP contribution is 2.28. The Bertz CT molecular complexity index is 567. The molecule has 2 rings (SSSR count). The lowest BCUT2D eigenvalue weighted by atomic mass is 10.1. The molecule has 2 N–H and O–H groups in total. The molecule has 3 nitrogen and oxygen atoms in total. The third-order valence-electron chi connectivity index (χ3n) is 3.02. The summed E-state index contributed by atoms with van der Waals surface area (Å²) in [5.74, 6) is 2.47. The van der Waals surface area contributed by atoms with Gasteiger partial charge in [-0.3, -0.25) is 0 Å². The van der Waals surface area contributed by atoms with E-state index in [1.165, 1.54) is 5.56 Å². The van der Waals surface area contributed by atoms with Crippen LogP contribution in [0.15, 0.2) is 42.5 Å². The van der Waals surface area contributed by atoms with E-state index >= 15 is 0 Å². The first-order chi connectivity index (χ1) is 9.72. The minimum Gasteiger partial charge on any atom is -0.494 e. The first-order valence-corrected chi connectivity index (χ1v) is 6.93. The number of hydrogen-bond donors (Lipinski definition) is 1. The summed E-state index contributed by atoms with van der Waals surface area (Å²) in [5, 5.41) is 0. The van der Waals surface area contributed by atoms with Crippen molar-refractivity contribution in [1.29, 1.82) is 0 Å². The molecule has 0 spiro atoms. The Morgan fingerprint density at radius 2 is 1.85 bits per heavy atom. The molecule has 0 aliphatic rings. The van der Waals surface area contributed by atoms with Gasteiger partial charge in [-0.05, 0) is 56.1 Å². The second-order valence-electron chi connectivity index (χ2n) is 4.65. The zero-order chi connectivity index (χ0) is 14.4. The number of hydrogen-bond acceptors (Lipinski definition) is 3. The quantitative estimate of drug-likeness (QED) is 0.871. The second-order valence-corrected chi connectivity index (χ2v) is 4.65. The highest BCUT2D eigenvalue weighted by Gasteiger charge is 2.04. The maximum absolute atomic E-state index is 5.92. The maximum atomic E-state index is 5.92. The Morgan fingerprint density at radius 1 is 1.05 bits per heavy atom. The summed E-state index contributed by atoms with van der Waals surface area (Å²) in [7, 11) is 0. The summed E-state index contributed by atoms with van der Waals surface area (Å²) in [6, 6.07) is 13.8. The zero-order valence-corrected chi connectivity index (χ0v) is 12.1. The molecule has 0 heterocycles. The summed E-state index contributed by atoms with van der Waals surface area (Å²) < 4.78 is 11.4. The predicted molar refractivity (Wildman–Crippen MR) is 81.6 cm³/mol. The van der Waals surface area contributed by atoms with E-state index in [0.29, 0.717) is 13.2 Å². The zero-order valence-electron chi connectivity index (χ0n) is 12.1. The van der Waals surface area contributed by atoms with E-state index in [2.05, 4.69) is 12.1 Å². The molecule has 0 bridgehead atoms. The number of ether oxygens (including phenoxy) is 2. The molecule has 0 aromatic heterocycles. The Morgan fingerprint density at radius 3 is 2.55 bits per heavy atom. The van der Waals surface area contributed by atoms with Gasteiger partial charge >= 0.3 is 0 Å². The molecule has 0 aliphatic carbocycles. The Kier molecular flexibility index (Phi) is 5.02. The molecule has 106 valence electrons. The van der Waals surface area contributed by atoms with Crippen molar-refractivity contribution in [3.63, 3.8) is 0 Å². The largest absolute Gasteiger partial charge is 0.494 e. The highest BCUT2D eigenvalue weighted by molar-refractivity contribution is 5.41. The highest BCUT2D eigenvalue weighted by atomic mass is 16.5. The van der Waals surface area contributed by atoms with Crippen LogP contribution in [0.3, 0.4) is 0 Å². The lowest BCUT2D eigenvalue weighted by molar-refractivity contribution is 0.338. The lowest BCUT2D eigenvalue weighted by Crippen LogP contribution is -2.02. The van der Waals surface area contributed by atoms with Crippen molar-refractivity contribution in [2.75, 3.05) is 13.2 Å². The topological polar surface area (TPSA) is 44.5 Å². The van der Waals surface area contributed by atoms with Gasteiger partial charge in [0.15, 0.2) is 0 Å². The monoisotopic (exact) mass is 271 g/mol. The van der Waals surface area contributed by atoms with Gasteiger partial charge in [0, 0.05) is 6.07 Å². The SMILES string of the molecule is CCOc1cccc(Oc2ccc(CCN)cc2C)c1. The molecule has 0 amide bonds. The van der Waals surface area contributed by atoms with Gasteiger partial charge < -0.3 is 15.2 Å². The van der Waals surface area contributed by atoms with Crippen LogP contribution in [-0.2, 0) is 6.42 Å². The van der Waals surface area contributed by atoms with Gasteiger partial charge in [-0.2, -0.15) is 0 Å². The van der Waals surface area contributed by atoms with Gasteiger partial charge in [0.1, 0.15) is 17.2 Å². The molecule has 0 radical (unpaired) electrons. The Labute approximate surface area is 120 Å². The van der Waals surface area contributed by atoms with E-state index in [1.54, 1.807) is 0 Å². The standard InChI is InChI=1S/C17H21NO2/c1-3-19-15-5-4-6-16(12-15)20-17-8-7-14(9-10-18)11-13(17)2/h4-8,11-12H,3,9-10,18H2,1-2H3. The van der Waals surface area contributed by atoms with Crippen LogP contribution in [0.2, 0.25) is 0 Å². The van der Waals surface area contributed by atoms with Crippen molar-refractivity contribution in [2.45, 2.75) is 20.3 Å². The Balaban J connectivity index is 2.15. The minimum absolute atomic E-state index is 0.649. The average molecular weight is 271 g/mol. The van der Waals surface area contributed by atoms with Crippen molar-refractivity contribution in [1.82, 2.24) is 0 Å². The van der Waals surface area contributed by atoms with E-state index in [4.69, 9.17) is 15.2 Å². The van der Waals surface area contributed by atoms with Crippen molar-refractivity contribution in [2.24, 2.45) is 5.73 Å². The van der Waals surface area contributed by atoms with Crippen molar-refractivity contribution >= 4 is 0 Å². The van der Waals surface area contributed by atoms with Gasteiger partial charge in [0.05, 0.1) is 6.61 Å². The van der Waals surface area contributed by atoms with Gasteiger partial charge in [-0.1, -0.05) is 18.2 Å². The van der Waals surface area contributed by atoms with Crippen LogP contribution in [-0.4, -0.2) is 13.2 Å². The molecule has 20 heavy (non-hydrogen) atoms. The van der Waals surface area contributed by atoms with Crippen LogP contribution in [0.5, 0.6) is 17.2 Å². The molecule has 0 saturated heterocycles. The average Bonchev–Trinajstić information content (AvgIpc) is 2.43. The molecule has 0 saturated carbocycles. The predicted octanol–water partition coefficient (Wildman–Crippen LogP) is 3.69. The first-order valence-electron chi connectivity index (χ1n) is 6.93. The van der Waals surface area contributed by atoms with Crippen molar-refractivity contribution < 1.29 is 9.47 Å². The van der Waals surface area contributed by atoms with Gasteiger partial charge in [-0.15, -0.1) is 0 Å². The molecule has 0 aliphatic heterocycles. The first kappa shape index (κ1) is 14.4. The van der Waals surface area contributed by atoms with Gasteiger partial charge in [0.2, 0.25) is 0 Å². The van der Waals surface area contributed by atoms with Crippen LogP contribution < -0.4 is 15.2 Å². The smallest absolute Gasteiger partial charge is 0.131 e. The van der Waals surface area contributed by atoms with Crippen LogP contribution in [0.4, 0.5) is 0 Å². The van der Waals surface area contributed by atoms with E-state index in [-0.39, 0.29) is 0 Å². The fourth-order valence-corrected chi connectivity index (χ4v) is 2.07. The Hall–Kier alpha value is -2.00. The van der Waals surface area contributed by atoms with Crippen LogP contribution in [0.25, 0.3) is 0 Å². The molecule has 3 heteroatoms. The summed E-state index contributed by atoms with van der Waals surface area (Å²) in [4.78, 5) is 0. The van der Waals surface area contributed by atoms with Crippen molar-refractivity contribution in [3.8, 4) is 17.2 Å². The molecule has 2 aromatic carbocycles. The third-order valence-corrected chi connectivity index (χ3v) is 3.02. The van der Waals surface area contributed by atoms with Crippen LogP contribution in [0.1, 0.15) is 18.1 Å². The van der Waals surface area contributed by atoms with E-state index < -0.39 is 0 Å². The normalized spacial score (nSPS) is 10.3. The van der Waals surface area contributed by atoms with Crippen molar-refractivity contribution in [3.05, 3.63) is 53.6 Å². The summed E-state index contributed by atoms with van der Waals surface area (Å²) in [6.07, 6.45) is 0.890. The van der Waals surface area contributed by atoms with E-state index in [9.17, 15) is 0 Å². The number of benzene rings is 2. The second kappa shape index (κ2) is 6.96. The van der Waals surface area contributed by atoms with E-state index in [0.717, 1.165) is 29.2 Å². The molecular formula is C17H21NO2. The summed E-state index contributed by atoms with van der Waals surface area (Å²) >= 11 is 0. The van der Waals surface area contributed by atoms with Crippen LogP contribution >= 0.6 is 0 Å². The molecule has 0 atom stereocenters. The molecule has 0 unspecified atom stereocenters. The van der Waals surface area contributed by atoms with Crippen LogP contribution in [0, 0.1) is 6.92 Å².